The molecule has 1 amide bonds. The van der Waals surface area contributed by atoms with Gasteiger partial charge in [-0.25, -0.2) is 9.07 Å². The summed E-state index contributed by atoms with van der Waals surface area (Å²) in [6.45, 7) is 0.461. The normalized spacial score (nSPS) is 10.5. The van der Waals surface area contributed by atoms with Gasteiger partial charge in [0.05, 0.1) is 11.4 Å². The number of carbonyl (C=O) groups is 1. The quantitative estimate of drug-likeness (QED) is 0.653. The minimum atomic E-state index is -0.360. The highest BCUT2D eigenvalue weighted by Crippen LogP contribution is 2.21. The van der Waals surface area contributed by atoms with Crippen molar-refractivity contribution in [2.24, 2.45) is 0 Å². The Morgan fingerprint density at radius 2 is 2.12 bits per heavy atom. The predicted molar refractivity (Wildman–Crippen MR) is 97.6 cm³/mol. The summed E-state index contributed by atoms with van der Waals surface area (Å²) in [6.07, 6.45) is 1.11. The predicted octanol–water partition coefficient (Wildman–Crippen LogP) is 2.89. The number of nitrogens with two attached hydrogens (primary N) is 1. The van der Waals surface area contributed by atoms with Crippen molar-refractivity contribution in [2.45, 2.75) is 12.8 Å². The number of aryl methyl sites for hydroxylation is 1. The van der Waals surface area contributed by atoms with Gasteiger partial charge in [-0.1, -0.05) is 0 Å². The lowest BCUT2D eigenvalue weighted by Crippen LogP contribution is -2.24. The fraction of sp³-hybridized carbons (Fsp3) is 0.167. The van der Waals surface area contributed by atoms with Crippen molar-refractivity contribution in [3.05, 3.63) is 63.7 Å². The summed E-state index contributed by atoms with van der Waals surface area (Å²) >= 11 is 1.47. The molecular formula is C18H16FN5OS. The lowest BCUT2D eigenvalue weighted by atomic mass is 10.1. The van der Waals surface area contributed by atoms with Crippen LogP contribution in [0.4, 0.5) is 10.2 Å². The number of nitrogen functional groups attached to an aromatic ring is 1. The number of anilines is 1. The van der Waals surface area contributed by atoms with E-state index in [-0.39, 0.29) is 17.5 Å². The minimum absolute atomic E-state index is 0.122. The second kappa shape index (κ2) is 7.80. The summed E-state index contributed by atoms with van der Waals surface area (Å²) in [4.78, 5) is 11.9. The first-order valence-electron chi connectivity index (χ1n) is 7.94. The van der Waals surface area contributed by atoms with Crippen molar-refractivity contribution in [2.75, 3.05) is 12.3 Å². The van der Waals surface area contributed by atoms with Gasteiger partial charge in [0.2, 0.25) is 0 Å². The van der Waals surface area contributed by atoms with E-state index >= 15 is 0 Å². The van der Waals surface area contributed by atoms with Gasteiger partial charge in [-0.2, -0.15) is 21.7 Å². The molecule has 132 valence electrons. The van der Waals surface area contributed by atoms with E-state index in [1.54, 1.807) is 23.6 Å². The van der Waals surface area contributed by atoms with E-state index in [4.69, 9.17) is 5.73 Å². The fourth-order valence-corrected chi connectivity index (χ4v) is 3.14. The maximum atomic E-state index is 13.1. The standard InChI is InChI=1S/C18H16FN5OS/c19-13-3-5-14(6-4-13)24-17(21)15(10-20)16(23-24)2-1-8-22-18(25)12-7-9-26-11-12/h3-7,9,11H,1-2,8,21H2,(H,22,25). The highest BCUT2D eigenvalue weighted by atomic mass is 32.1. The lowest BCUT2D eigenvalue weighted by Gasteiger charge is -2.03. The van der Waals surface area contributed by atoms with E-state index in [0.29, 0.717) is 41.9 Å². The second-order valence-corrected chi connectivity index (χ2v) is 6.36. The molecule has 0 radical (unpaired) electrons. The van der Waals surface area contributed by atoms with Crippen LogP contribution in [0, 0.1) is 17.1 Å². The van der Waals surface area contributed by atoms with Crippen LogP contribution in [0.1, 0.15) is 28.0 Å². The van der Waals surface area contributed by atoms with E-state index in [2.05, 4.69) is 16.5 Å². The van der Waals surface area contributed by atoms with Gasteiger partial charge in [0, 0.05) is 17.5 Å². The van der Waals surface area contributed by atoms with Crippen LogP contribution < -0.4 is 11.1 Å². The lowest BCUT2D eigenvalue weighted by molar-refractivity contribution is 0.0953. The molecular weight excluding hydrogens is 353 g/mol. The van der Waals surface area contributed by atoms with Gasteiger partial charge in [0.25, 0.3) is 5.91 Å². The average Bonchev–Trinajstić information content (AvgIpc) is 3.27. The monoisotopic (exact) mass is 369 g/mol. The average molecular weight is 369 g/mol. The topological polar surface area (TPSA) is 96.7 Å². The molecule has 0 saturated carbocycles. The van der Waals surface area contributed by atoms with Crippen LogP contribution in [0.3, 0.4) is 0 Å². The van der Waals surface area contributed by atoms with Gasteiger partial charge in [-0.3, -0.25) is 4.79 Å². The second-order valence-electron chi connectivity index (χ2n) is 5.58. The molecule has 3 N–H and O–H groups in total. The maximum absolute atomic E-state index is 13.1. The highest BCUT2D eigenvalue weighted by Gasteiger charge is 2.16. The Labute approximate surface area is 153 Å². The molecule has 0 aliphatic rings. The first kappa shape index (κ1) is 17.6. The third-order valence-electron chi connectivity index (χ3n) is 3.84. The SMILES string of the molecule is N#Cc1c(CCCNC(=O)c2ccsc2)nn(-c2ccc(F)cc2)c1N. The van der Waals surface area contributed by atoms with E-state index in [1.807, 2.05) is 5.38 Å². The molecule has 2 aromatic heterocycles. The molecule has 0 saturated heterocycles. The van der Waals surface area contributed by atoms with Crippen molar-refractivity contribution in [1.82, 2.24) is 15.1 Å². The number of benzene rings is 1. The number of halogens is 1. The molecule has 0 atom stereocenters. The van der Waals surface area contributed by atoms with Gasteiger partial charge >= 0.3 is 0 Å². The van der Waals surface area contributed by atoms with Gasteiger partial charge in [-0.05, 0) is 48.6 Å². The number of nitriles is 1. The molecule has 0 bridgehead atoms. The number of nitrogens with zero attached hydrogens (tertiary/aromatic N) is 3. The van der Waals surface area contributed by atoms with Crippen molar-refractivity contribution in [3.63, 3.8) is 0 Å². The van der Waals surface area contributed by atoms with Gasteiger partial charge in [-0.15, -0.1) is 0 Å². The largest absolute Gasteiger partial charge is 0.382 e. The van der Waals surface area contributed by atoms with Crippen molar-refractivity contribution in [3.8, 4) is 11.8 Å². The summed E-state index contributed by atoms with van der Waals surface area (Å²) < 4.78 is 14.5. The van der Waals surface area contributed by atoms with Crippen LogP contribution in [0.25, 0.3) is 5.69 Å². The third kappa shape index (κ3) is 3.73. The van der Waals surface area contributed by atoms with Crippen molar-refractivity contribution in [1.29, 1.82) is 5.26 Å². The molecule has 3 rings (SSSR count). The molecule has 0 fully saturated rings. The smallest absolute Gasteiger partial charge is 0.252 e. The number of hydrogen-bond acceptors (Lipinski definition) is 5. The zero-order chi connectivity index (χ0) is 18.5. The summed E-state index contributed by atoms with van der Waals surface area (Å²) in [5.41, 5.74) is 8.09. The van der Waals surface area contributed by atoms with E-state index in [9.17, 15) is 14.4 Å². The van der Waals surface area contributed by atoms with E-state index in [0.717, 1.165) is 0 Å². The molecule has 26 heavy (non-hydrogen) atoms. The summed E-state index contributed by atoms with van der Waals surface area (Å²) in [7, 11) is 0. The number of aromatic nitrogens is 2. The van der Waals surface area contributed by atoms with Crippen LogP contribution in [0.5, 0.6) is 0 Å². The Hall–Kier alpha value is -3.18. The molecule has 0 aliphatic carbocycles. The zero-order valence-corrected chi connectivity index (χ0v) is 14.6. The number of thiophene rings is 1. The molecule has 6 nitrogen and oxygen atoms in total. The Balaban J connectivity index is 1.66. The van der Waals surface area contributed by atoms with Crippen molar-refractivity contribution < 1.29 is 9.18 Å². The zero-order valence-electron chi connectivity index (χ0n) is 13.8. The highest BCUT2D eigenvalue weighted by molar-refractivity contribution is 7.08. The molecule has 0 spiro atoms. The van der Waals surface area contributed by atoms with Gasteiger partial charge in [0.1, 0.15) is 23.3 Å². The Morgan fingerprint density at radius 1 is 1.35 bits per heavy atom. The molecule has 3 aromatic rings. The van der Waals surface area contributed by atoms with Gasteiger partial charge < -0.3 is 11.1 Å². The third-order valence-corrected chi connectivity index (χ3v) is 4.52. The van der Waals surface area contributed by atoms with Crippen LogP contribution in [-0.4, -0.2) is 22.2 Å². The fourth-order valence-electron chi connectivity index (χ4n) is 2.51. The molecule has 0 aliphatic heterocycles. The Morgan fingerprint density at radius 3 is 2.77 bits per heavy atom. The number of nitrogens with one attached hydrogen (secondary N) is 1. The van der Waals surface area contributed by atoms with Gasteiger partial charge in [0.15, 0.2) is 0 Å². The van der Waals surface area contributed by atoms with Crippen LogP contribution in [0.2, 0.25) is 0 Å². The summed E-state index contributed by atoms with van der Waals surface area (Å²) in [5, 5.41) is 20.2. The first-order valence-corrected chi connectivity index (χ1v) is 8.88. The number of rotatable bonds is 6. The van der Waals surface area contributed by atoms with Crippen LogP contribution in [-0.2, 0) is 6.42 Å². The number of amides is 1. The minimum Gasteiger partial charge on any atom is -0.382 e. The maximum Gasteiger partial charge on any atom is 0.252 e. The molecule has 8 heteroatoms. The van der Waals surface area contributed by atoms with E-state index < -0.39 is 0 Å². The molecule has 1 aromatic carbocycles. The van der Waals surface area contributed by atoms with Crippen molar-refractivity contribution >= 4 is 23.1 Å². The Bertz CT molecular complexity index is 941. The van der Waals surface area contributed by atoms with Crippen LogP contribution >= 0.6 is 11.3 Å². The van der Waals surface area contributed by atoms with Crippen LogP contribution in [0.15, 0.2) is 41.1 Å². The molecule has 0 unspecified atom stereocenters. The Kier molecular flexibility index (Phi) is 5.29. The summed E-state index contributed by atoms with van der Waals surface area (Å²) in [5.74, 6) is -0.263. The summed E-state index contributed by atoms with van der Waals surface area (Å²) in [6, 6.07) is 9.54. The molecule has 2 heterocycles. The number of carbonyl (C=O) groups excluding carboxylic acids is 1. The van der Waals surface area contributed by atoms with E-state index in [1.165, 1.54) is 28.2 Å². The number of hydrogen-bond donors (Lipinski definition) is 2. The first-order chi connectivity index (χ1) is 12.6.